The number of rotatable bonds is 4. The molecule has 1 aromatic carbocycles. The smallest absolute Gasteiger partial charge is 0.171 e. The topological polar surface area (TPSA) is 37.0 Å². The molecule has 0 bridgehead atoms. The van der Waals surface area contributed by atoms with Gasteiger partial charge in [0.05, 0.1) is 6.04 Å². The number of hydrogen-bond acceptors (Lipinski definition) is 2. The summed E-state index contributed by atoms with van der Waals surface area (Å²) in [5.41, 5.74) is 3.45. The molecule has 0 amide bonds. The van der Waals surface area contributed by atoms with Gasteiger partial charge in [-0.3, -0.25) is 4.98 Å². The molecule has 104 valence electrons. The van der Waals surface area contributed by atoms with Crippen molar-refractivity contribution in [3.8, 4) is 0 Å². The van der Waals surface area contributed by atoms with Crippen LogP contribution in [-0.2, 0) is 0 Å². The molecule has 2 rings (SSSR count). The van der Waals surface area contributed by atoms with Gasteiger partial charge in [-0.25, -0.2) is 0 Å². The Morgan fingerprint density at radius 3 is 2.40 bits per heavy atom. The fourth-order valence-electron chi connectivity index (χ4n) is 1.98. The van der Waals surface area contributed by atoms with Gasteiger partial charge in [-0.15, -0.1) is 0 Å². The van der Waals surface area contributed by atoms with Gasteiger partial charge in [0.1, 0.15) is 0 Å². The molecule has 0 aliphatic heterocycles. The summed E-state index contributed by atoms with van der Waals surface area (Å²) in [5.74, 6) is 0. The molecule has 1 aromatic heterocycles. The summed E-state index contributed by atoms with van der Waals surface area (Å²) in [6.45, 7) is 4.24. The number of anilines is 1. The first-order chi connectivity index (χ1) is 9.69. The molecular formula is C16H19N3S. The first-order valence-electron chi connectivity index (χ1n) is 6.73. The van der Waals surface area contributed by atoms with Gasteiger partial charge in [0.2, 0.25) is 0 Å². The van der Waals surface area contributed by atoms with Crippen molar-refractivity contribution in [2.75, 3.05) is 5.32 Å². The van der Waals surface area contributed by atoms with Crippen LogP contribution in [0.2, 0.25) is 0 Å². The quantitative estimate of drug-likeness (QED) is 0.837. The Balaban J connectivity index is 1.99. The maximum absolute atomic E-state index is 5.36. The SMILES string of the molecule is CCC(NC(=S)Nc1ccncc1)c1ccc(C)cc1. The van der Waals surface area contributed by atoms with Crippen LogP contribution >= 0.6 is 12.2 Å². The van der Waals surface area contributed by atoms with E-state index in [4.69, 9.17) is 12.2 Å². The lowest BCUT2D eigenvalue weighted by molar-refractivity contribution is 0.629. The average molecular weight is 285 g/mol. The van der Waals surface area contributed by atoms with Crippen LogP contribution in [0.3, 0.4) is 0 Å². The zero-order valence-electron chi connectivity index (χ0n) is 11.8. The van der Waals surface area contributed by atoms with E-state index in [0.29, 0.717) is 5.11 Å². The first kappa shape index (κ1) is 14.5. The number of pyridine rings is 1. The molecule has 0 radical (unpaired) electrons. The van der Waals surface area contributed by atoms with E-state index in [1.54, 1.807) is 12.4 Å². The second-order valence-electron chi connectivity index (χ2n) is 4.71. The fraction of sp³-hybridized carbons (Fsp3) is 0.250. The monoisotopic (exact) mass is 285 g/mol. The normalized spacial score (nSPS) is 11.7. The van der Waals surface area contributed by atoms with Crippen LogP contribution in [0.25, 0.3) is 0 Å². The molecule has 0 spiro atoms. The predicted molar refractivity (Wildman–Crippen MR) is 87.8 cm³/mol. The Kier molecular flexibility index (Phi) is 5.07. The van der Waals surface area contributed by atoms with Crippen LogP contribution in [0.1, 0.15) is 30.5 Å². The second-order valence-corrected chi connectivity index (χ2v) is 5.11. The van der Waals surface area contributed by atoms with Crippen LogP contribution in [0.15, 0.2) is 48.8 Å². The van der Waals surface area contributed by atoms with Crippen molar-refractivity contribution in [3.05, 3.63) is 59.9 Å². The molecule has 0 saturated carbocycles. The van der Waals surface area contributed by atoms with E-state index < -0.39 is 0 Å². The number of aryl methyl sites for hydroxylation is 1. The fourth-order valence-corrected chi connectivity index (χ4v) is 2.24. The lowest BCUT2D eigenvalue weighted by Gasteiger charge is -2.20. The van der Waals surface area contributed by atoms with Gasteiger partial charge in [0.25, 0.3) is 0 Å². The Morgan fingerprint density at radius 2 is 1.80 bits per heavy atom. The number of thiocarbonyl (C=S) groups is 1. The molecule has 3 nitrogen and oxygen atoms in total. The number of aromatic nitrogens is 1. The maximum atomic E-state index is 5.36. The highest BCUT2D eigenvalue weighted by molar-refractivity contribution is 7.80. The Bertz CT molecular complexity index is 552. The van der Waals surface area contributed by atoms with Gasteiger partial charge < -0.3 is 10.6 Å². The zero-order chi connectivity index (χ0) is 14.4. The molecule has 1 unspecified atom stereocenters. The summed E-state index contributed by atoms with van der Waals surface area (Å²) in [7, 11) is 0. The van der Waals surface area contributed by atoms with Crippen LogP contribution in [-0.4, -0.2) is 10.1 Å². The summed E-state index contributed by atoms with van der Waals surface area (Å²) in [6.07, 6.45) is 4.45. The molecule has 0 saturated heterocycles. The van der Waals surface area contributed by atoms with E-state index in [0.717, 1.165) is 12.1 Å². The Morgan fingerprint density at radius 1 is 1.15 bits per heavy atom. The van der Waals surface area contributed by atoms with Crippen LogP contribution in [0.4, 0.5) is 5.69 Å². The molecule has 0 fully saturated rings. The van der Waals surface area contributed by atoms with E-state index in [9.17, 15) is 0 Å². The molecule has 1 heterocycles. The molecule has 0 aliphatic carbocycles. The van der Waals surface area contributed by atoms with Crippen molar-refractivity contribution < 1.29 is 0 Å². The summed E-state index contributed by atoms with van der Waals surface area (Å²) in [4.78, 5) is 3.98. The summed E-state index contributed by atoms with van der Waals surface area (Å²) in [5, 5.41) is 7.15. The zero-order valence-corrected chi connectivity index (χ0v) is 12.6. The van der Waals surface area contributed by atoms with Crippen LogP contribution in [0.5, 0.6) is 0 Å². The lowest BCUT2D eigenvalue weighted by atomic mass is 10.0. The molecule has 4 heteroatoms. The second kappa shape index (κ2) is 7.01. The van der Waals surface area contributed by atoms with Crippen LogP contribution in [0, 0.1) is 6.92 Å². The molecule has 1 atom stereocenters. The van der Waals surface area contributed by atoms with Crippen molar-refractivity contribution in [1.29, 1.82) is 0 Å². The first-order valence-corrected chi connectivity index (χ1v) is 7.14. The van der Waals surface area contributed by atoms with Gasteiger partial charge in [0.15, 0.2) is 5.11 Å². The van der Waals surface area contributed by atoms with Gasteiger partial charge in [-0.2, -0.15) is 0 Å². The molecule has 2 aromatic rings. The minimum atomic E-state index is 0.220. The molecule has 0 aliphatic rings. The number of benzene rings is 1. The highest BCUT2D eigenvalue weighted by Gasteiger charge is 2.10. The lowest BCUT2D eigenvalue weighted by Crippen LogP contribution is -2.32. The highest BCUT2D eigenvalue weighted by Crippen LogP contribution is 2.17. The Labute approximate surface area is 125 Å². The standard InChI is InChI=1S/C16H19N3S/c1-3-15(13-6-4-12(2)5-7-13)19-16(20)18-14-8-10-17-11-9-14/h4-11,15H,3H2,1-2H3,(H2,17,18,19,20). The number of nitrogens with one attached hydrogen (secondary N) is 2. The van der Waals surface area contributed by atoms with Gasteiger partial charge in [-0.05, 0) is 43.3 Å². The maximum Gasteiger partial charge on any atom is 0.171 e. The van der Waals surface area contributed by atoms with E-state index in [1.165, 1.54) is 11.1 Å². The highest BCUT2D eigenvalue weighted by atomic mass is 32.1. The number of hydrogen-bond donors (Lipinski definition) is 2. The third-order valence-corrected chi connectivity index (χ3v) is 3.35. The van der Waals surface area contributed by atoms with Crippen molar-refractivity contribution in [1.82, 2.24) is 10.3 Å². The molecule has 2 N–H and O–H groups in total. The summed E-state index contributed by atoms with van der Waals surface area (Å²) < 4.78 is 0. The average Bonchev–Trinajstić information content (AvgIpc) is 2.47. The van der Waals surface area contributed by atoms with E-state index in [2.05, 4.69) is 53.7 Å². The molecular weight excluding hydrogens is 266 g/mol. The van der Waals surface area contributed by atoms with Crippen molar-refractivity contribution in [2.45, 2.75) is 26.3 Å². The largest absolute Gasteiger partial charge is 0.356 e. The van der Waals surface area contributed by atoms with Gasteiger partial charge in [0, 0.05) is 18.1 Å². The minimum Gasteiger partial charge on any atom is -0.356 e. The van der Waals surface area contributed by atoms with E-state index in [-0.39, 0.29) is 6.04 Å². The van der Waals surface area contributed by atoms with Crippen molar-refractivity contribution in [2.24, 2.45) is 0 Å². The van der Waals surface area contributed by atoms with Crippen LogP contribution < -0.4 is 10.6 Å². The third-order valence-electron chi connectivity index (χ3n) is 3.13. The van der Waals surface area contributed by atoms with Gasteiger partial charge in [-0.1, -0.05) is 36.8 Å². The van der Waals surface area contributed by atoms with Crippen molar-refractivity contribution in [3.63, 3.8) is 0 Å². The third kappa shape index (κ3) is 4.03. The summed E-state index contributed by atoms with van der Waals surface area (Å²) >= 11 is 5.36. The van der Waals surface area contributed by atoms with E-state index in [1.807, 2.05) is 12.1 Å². The predicted octanol–water partition coefficient (Wildman–Crippen LogP) is 3.83. The van der Waals surface area contributed by atoms with Crippen molar-refractivity contribution >= 4 is 23.0 Å². The minimum absolute atomic E-state index is 0.220. The van der Waals surface area contributed by atoms with E-state index >= 15 is 0 Å². The number of nitrogens with zero attached hydrogens (tertiary/aromatic N) is 1. The Hall–Kier alpha value is -1.94. The summed E-state index contributed by atoms with van der Waals surface area (Å²) in [6, 6.07) is 12.5. The van der Waals surface area contributed by atoms with Gasteiger partial charge >= 0.3 is 0 Å². The molecule has 20 heavy (non-hydrogen) atoms.